The number of carbonyl (C=O) groups is 2. The number of aromatic nitrogens is 2. The number of rotatable bonds is 8. The molecule has 5 nitrogen and oxygen atoms in total. The number of nitrogens with one attached hydrogen (secondary N) is 1. The van der Waals surface area contributed by atoms with Gasteiger partial charge in [-0.3, -0.25) is 14.3 Å². The van der Waals surface area contributed by atoms with Crippen LogP contribution in [0, 0.1) is 13.8 Å². The number of hydrogen-bond acceptors (Lipinski definition) is 4. The molecule has 27 heavy (non-hydrogen) atoms. The van der Waals surface area contributed by atoms with Crippen molar-refractivity contribution >= 4 is 23.0 Å². The summed E-state index contributed by atoms with van der Waals surface area (Å²) in [6.45, 7) is 5.11. The summed E-state index contributed by atoms with van der Waals surface area (Å²) in [4.78, 5) is 24.8. The molecule has 0 saturated heterocycles. The summed E-state index contributed by atoms with van der Waals surface area (Å²) < 4.78 is 1.96. The monoisotopic (exact) mass is 381 g/mol. The smallest absolute Gasteiger partial charge is 0.220 e. The van der Waals surface area contributed by atoms with Crippen molar-refractivity contribution in [2.75, 3.05) is 0 Å². The van der Waals surface area contributed by atoms with Gasteiger partial charge in [-0.1, -0.05) is 36.4 Å². The third kappa shape index (κ3) is 4.92. The summed E-state index contributed by atoms with van der Waals surface area (Å²) in [7, 11) is 0. The standard InChI is InChI=1S/C21H23N3O2S/c1-15-18(16(2)24(23-15)14-17-7-4-3-5-8-17)13-22-21(26)11-10-19(25)20-9-6-12-27-20/h3-9,12H,10-11,13-14H2,1-2H3,(H,22,26). The molecule has 0 spiro atoms. The highest BCUT2D eigenvalue weighted by Crippen LogP contribution is 2.15. The lowest BCUT2D eigenvalue weighted by molar-refractivity contribution is -0.121. The Bertz CT molecular complexity index is 915. The second-order valence-electron chi connectivity index (χ2n) is 6.47. The normalized spacial score (nSPS) is 10.7. The molecular formula is C21H23N3O2S. The zero-order valence-electron chi connectivity index (χ0n) is 15.6. The quantitative estimate of drug-likeness (QED) is 0.602. The number of benzene rings is 1. The summed E-state index contributed by atoms with van der Waals surface area (Å²) >= 11 is 1.41. The number of hydrogen-bond donors (Lipinski definition) is 1. The van der Waals surface area contributed by atoms with Gasteiger partial charge in [0.05, 0.1) is 17.1 Å². The maximum atomic E-state index is 12.1. The van der Waals surface area contributed by atoms with Crippen LogP contribution in [0.15, 0.2) is 47.8 Å². The van der Waals surface area contributed by atoms with Crippen LogP contribution in [0.1, 0.15) is 45.0 Å². The second kappa shape index (κ2) is 8.77. The summed E-state index contributed by atoms with van der Waals surface area (Å²) in [5.41, 5.74) is 4.18. The van der Waals surface area contributed by atoms with Crippen LogP contribution < -0.4 is 5.32 Å². The molecule has 0 saturated carbocycles. The molecule has 0 unspecified atom stereocenters. The lowest BCUT2D eigenvalue weighted by atomic mass is 10.1. The van der Waals surface area contributed by atoms with Gasteiger partial charge < -0.3 is 5.32 Å². The fraction of sp³-hybridized carbons (Fsp3) is 0.286. The Kier molecular flexibility index (Phi) is 6.19. The predicted molar refractivity (Wildman–Crippen MR) is 107 cm³/mol. The average Bonchev–Trinajstić information content (AvgIpc) is 3.29. The van der Waals surface area contributed by atoms with Crippen molar-refractivity contribution in [2.24, 2.45) is 0 Å². The van der Waals surface area contributed by atoms with E-state index in [1.54, 1.807) is 6.07 Å². The predicted octanol–water partition coefficient (Wildman–Crippen LogP) is 3.89. The zero-order chi connectivity index (χ0) is 19.2. The lowest BCUT2D eigenvalue weighted by Gasteiger charge is -2.07. The molecule has 6 heteroatoms. The Hall–Kier alpha value is -2.73. The number of carbonyl (C=O) groups excluding carboxylic acids is 2. The fourth-order valence-electron chi connectivity index (χ4n) is 2.96. The maximum absolute atomic E-state index is 12.1. The first-order valence-corrected chi connectivity index (χ1v) is 9.82. The van der Waals surface area contributed by atoms with Crippen LogP contribution in [0.3, 0.4) is 0 Å². The van der Waals surface area contributed by atoms with Crippen LogP contribution in [-0.4, -0.2) is 21.5 Å². The van der Waals surface area contributed by atoms with E-state index < -0.39 is 0 Å². The molecule has 1 amide bonds. The van der Waals surface area contributed by atoms with Gasteiger partial charge in [-0.05, 0) is 30.9 Å². The molecule has 3 rings (SSSR count). The Labute approximate surface area is 163 Å². The first kappa shape index (κ1) is 19.0. The highest BCUT2D eigenvalue weighted by molar-refractivity contribution is 7.12. The van der Waals surface area contributed by atoms with Crippen LogP contribution >= 0.6 is 11.3 Å². The van der Waals surface area contributed by atoms with Crippen molar-refractivity contribution in [3.63, 3.8) is 0 Å². The second-order valence-corrected chi connectivity index (χ2v) is 7.42. The first-order valence-electron chi connectivity index (χ1n) is 8.95. The number of nitrogens with zero attached hydrogens (tertiary/aromatic N) is 2. The van der Waals surface area contributed by atoms with Gasteiger partial charge in [0.2, 0.25) is 5.91 Å². The van der Waals surface area contributed by atoms with Gasteiger partial charge in [0.15, 0.2) is 5.78 Å². The molecule has 0 aliphatic rings. The van der Waals surface area contributed by atoms with E-state index in [-0.39, 0.29) is 24.5 Å². The van der Waals surface area contributed by atoms with Crippen LogP contribution in [0.2, 0.25) is 0 Å². The van der Waals surface area contributed by atoms with Gasteiger partial charge in [-0.15, -0.1) is 11.3 Å². The van der Waals surface area contributed by atoms with E-state index in [1.807, 2.05) is 48.2 Å². The zero-order valence-corrected chi connectivity index (χ0v) is 16.4. The molecular weight excluding hydrogens is 358 g/mol. The Morgan fingerprint density at radius 1 is 1.07 bits per heavy atom. The SMILES string of the molecule is Cc1nn(Cc2ccccc2)c(C)c1CNC(=O)CCC(=O)c1cccs1. The van der Waals surface area contributed by atoms with E-state index >= 15 is 0 Å². The Morgan fingerprint density at radius 3 is 2.56 bits per heavy atom. The molecule has 0 radical (unpaired) electrons. The Morgan fingerprint density at radius 2 is 1.85 bits per heavy atom. The Balaban J connectivity index is 1.54. The van der Waals surface area contributed by atoms with E-state index in [2.05, 4.69) is 22.5 Å². The summed E-state index contributed by atoms with van der Waals surface area (Å²) in [6.07, 6.45) is 0.435. The highest BCUT2D eigenvalue weighted by atomic mass is 32.1. The maximum Gasteiger partial charge on any atom is 0.220 e. The third-order valence-electron chi connectivity index (χ3n) is 4.54. The molecule has 2 aromatic heterocycles. The third-order valence-corrected chi connectivity index (χ3v) is 5.45. The minimum Gasteiger partial charge on any atom is -0.352 e. The van der Waals surface area contributed by atoms with Crippen LogP contribution in [-0.2, 0) is 17.9 Å². The van der Waals surface area contributed by atoms with Crippen LogP contribution in [0.4, 0.5) is 0 Å². The molecule has 0 bridgehead atoms. The van der Waals surface area contributed by atoms with Gasteiger partial charge >= 0.3 is 0 Å². The van der Waals surface area contributed by atoms with Gasteiger partial charge in [0.1, 0.15) is 0 Å². The molecule has 0 aliphatic heterocycles. The van der Waals surface area contributed by atoms with Crippen molar-refractivity contribution in [3.05, 3.63) is 75.2 Å². The molecule has 1 aromatic carbocycles. The van der Waals surface area contributed by atoms with Gasteiger partial charge in [-0.2, -0.15) is 5.10 Å². The van der Waals surface area contributed by atoms with Crippen LogP contribution in [0.5, 0.6) is 0 Å². The largest absolute Gasteiger partial charge is 0.352 e. The molecule has 2 heterocycles. The van der Waals surface area contributed by atoms with Crippen molar-refractivity contribution < 1.29 is 9.59 Å². The van der Waals surface area contributed by atoms with E-state index in [9.17, 15) is 9.59 Å². The molecule has 3 aromatic rings. The van der Waals surface area contributed by atoms with E-state index in [1.165, 1.54) is 16.9 Å². The van der Waals surface area contributed by atoms with Crippen molar-refractivity contribution in [2.45, 2.75) is 39.8 Å². The van der Waals surface area contributed by atoms with Crippen molar-refractivity contribution in [1.29, 1.82) is 0 Å². The van der Waals surface area contributed by atoms with Gasteiger partial charge in [0.25, 0.3) is 0 Å². The highest BCUT2D eigenvalue weighted by Gasteiger charge is 2.14. The van der Waals surface area contributed by atoms with E-state index in [0.29, 0.717) is 18.0 Å². The topological polar surface area (TPSA) is 64.0 Å². The summed E-state index contributed by atoms with van der Waals surface area (Å²) in [5, 5.41) is 9.39. The molecule has 0 atom stereocenters. The van der Waals surface area contributed by atoms with Gasteiger partial charge in [-0.25, -0.2) is 0 Å². The fourth-order valence-corrected chi connectivity index (χ4v) is 3.66. The van der Waals surface area contributed by atoms with E-state index in [4.69, 9.17) is 0 Å². The van der Waals surface area contributed by atoms with E-state index in [0.717, 1.165) is 17.0 Å². The summed E-state index contributed by atoms with van der Waals surface area (Å²) in [6, 6.07) is 13.8. The number of aryl methyl sites for hydroxylation is 1. The van der Waals surface area contributed by atoms with Crippen LogP contribution in [0.25, 0.3) is 0 Å². The minimum atomic E-state index is -0.116. The lowest BCUT2D eigenvalue weighted by Crippen LogP contribution is -2.23. The van der Waals surface area contributed by atoms with Gasteiger partial charge in [0, 0.05) is 30.6 Å². The average molecular weight is 382 g/mol. The number of thiophene rings is 1. The molecule has 0 fully saturated rings. The number of Topliss-reactive ketones (excluding diaryl/α,β-unsaturated/α-hetero) is 1. The number of ketones is 1. The molecule has 0 aliphatic carbocycles. The summed E-state index contributed by atoms with van der Waals surface area (Å²) in [5.74, 6) is -0.0993. The molecule has 1 N–H and O–H groups in total. The molecule has 140 valence electrons. The van der Waals surface area contributed by atoms with Crippen molar-refractivity contribution in [3.8, 4) is 0 Å². The first-order chi connectivity index (χ1) is 13.0. The minimum absolute atomic E-state index is 0.0168. The van der Waals surface area contributed by atoms with Crippen molar-refractivity contribution in [1.82, 2.24) is 15.1 Å². The number of amides is 1.